The van der Waals surface area contributed by atoms with Crippen LogP contribution in [0.1, 0.15) is 29.2 Å². The summed E-state index contributed by atoms with van der Waals surface area (Å²) in [7, 11) is 1.68. The van der Waals surface area contributed by atoms with Crippen LogP contribution in [0.3, 0.4) is 0 Å². The fourth-order valence-corrected chi connectivity index (χ4v) is 3.42. The van der Waals surface area contributed by atoms with Gasteiger partial charge in [-0.3, -0.25) is 4.68 Å². The summed E-state index contributed by atoms with van der Waals surface area (Å²) in [6.07, 6.45) is 0.742. The molecule has 104 valence electrons. The third kappa shape index (κ3) is 2.85. The standard InChI is InChI=1S/C13H18BrN3OS/c1-4-17-10(12(14)8(2)16-17)7-9(15)13-11(18-3)5-6-19-13/h5-6,9H,4,7,15H2,1-3H3. The predicted molar refractivity (Wildman–Crippen MR) is 81.8 cm³/mol. The molecule has 0 aliphatic carbocycles. The van der Waals surface area contributed by atoms with Crippen molar-refractivity contribution in [1.82, 2.24) is 9.78 Å². The van der Waals surface area contributed by atoms with Crippen LogP contribution in [-0.4, -0.2) is 16.9 Å². The third-order valence-electron chi connectivity index (χ3n) is 3.08. The molecular formula is C13H18BrN3OS. The van der Waals surface area contributed by atoms with Crippen molar-refractivity contribution >= 4 is 27.3 Å². The fraction of sp³-hybridized carbons (Fsp3) is 0.462. The van der Waals surface area contributed by atoms with Gasteiger partial charge in [0.25, 0.3) is 0 Å². The highest BCUT2D eigenvalue weighted by atomic mass is 79.9. The van der Waals surface area contributed by atoms with Gasteiger partial charge < -0.3 is 10.5 Å². The first kappa shape index (κ1) is 14.6. The average molecular weight is 344 g/mol. The number of nitrogens with zero attached hydrogens (tertiary/aromatic N) is 2. The minimum absolute atomic E-state index is 0.0763. The molecule has 19 heavy (non-hydrogen) atoms. The van der Waals surface area contributed by atoms with E-state index in [0.717, 1.165) is 39.5 Å². The minimum atomic E-state index is -0.0763. The van der Waals surface area contributed by atoms with E-state index in [1.54, 1.807) is 18.4 Å². The summed E-state index contributed by atoms with van der Waals surface area (Å²) in [6.45, 7) is 4.92. The van der Waals surface area contributed by atoms with Crippen molar-refractivity contribution in [3.8, 4) is 5.75 Å². The first-order chi connectivity index (χ1) is 9.08. The van der Waals surface area contributed by atoms with Gasteiger partial charge in [0.05, 0.1) is 27.8 Å². The van der Waals surface area contributed by atoms with Crippen molar-refractivity contribution in [3.63, 3.8) is 0 Å². The van der Waals surface area contributed by atoms with E-state index < -0.39 is 0 Å². The van der Waals surface area contributed by atoms with Crippen molar-refractivity contribution in [1.29, 1.82) is 0 Å². The summed E-state index contributed by atoms with van der Waals surface area (Å²) in [5, 5.41) is 6.50. The largest absolute Gasteiger partial charge is 0.496 e. The molecule has 2 aromatic heterocycles. The van der Waals surface area contributed by atoms with Gasteiger partial charge in [0, 0.05) is 19.0 Å². The maximum Gasteiger partial charge on any atom is 0.134 e. The predicted octanol–water partition coefficient (Wildman–Crippen LogP) is 3.29. The van der Waals surface area contributed by atoms with E-state index in [2.05, 4.69) is 28.0 Å². The second-order valence-corrected chi connectivity index (χ2v) is 6.07. The number of methoxy groups -OCH3 is 1. The highest BCUT2D eigenvalue weighted by molar-refractivity contribution is 9.10. The lowest BCUT2D eigenvalue weighted by molar-refractivity contribution is 0.408. The molecule has 0 fully saturated rings. The second kappa shape index (κ2) is 6.07. The topological polar surface area (TPSA) is 53.1 Å². The van der Waals surface area contributed by atoms with E-state index >= 15 is 0 Å². The fourth-order valence-electron chi connectivity index (χ4n) is 2.11. The molecule has 2 N–H and O–H groups in total. The SMILES string of the molecule is CCn1nc(C)c(Br)c1CC(N)c1sccc1OC. The quantitative estimate of drug-likeness (QED) is 0.906. The number of aryl methyl sites for hydroxylation is 2. The van der Waals surface area contributed by atoms with Crippen LogP contribution in [0.4, 0.5) is 0 Å². The first-order valence-electron chi connectivity index (χ1n) is 6.17. The molecular weight excluding hydrogens is 326 g/mol. The van der Waals surface area contributed by atoms with Gasteiger partial charge in [-0.25, -0.2) is 0 Å². The van der Waals surface area contributed by atoms with E-state index in [-0.39, 0.29) is 6.04 Å². The van der Waals surface area contributed by atoms with Gasteiger partial charge in [-0.05, 0) is 41.2 Å². The summed E-state index contributed by atoms with van der Waals surface area (Å²) >= 11 is 5.24. The second-order valence-electron chi connectivity index (χ2n) is 4.33. The average Bonchev–Trinajstić information content (AvgIpc) is 2.98. The van der Waals surface area contributed by atoms with E-state index in [0.29, 0.717) is 0 Å². The summed E-state index contributed by atoms with van der Waals surface area (Å²) in [5.41, 5.74) is 8.46. The van der Waals surface area contributed by atoms with Gasteiger partial charge in [-0.15, -0.1) is 11.3 Å². The zero-order chi connectivity index (χ0) is 14.0. The lowest BCUT2D eigenvalue weighted by atomic mass is 10.1. The number of halogens is 1. The molecule has 0 aliphatic heterocycles. The van der Waals surface area contributed by atoms with Crippen LogP contribution in [0.25, 0.3) is 0 Å². The van der Waals surface area contributed by atoms with E-state index in [4.69, 9.17) is 10.5 Å². The molecule has 1 atom stereocenters. The molecule has 6 heteroatoms. The number of aromatic nitrogens is 2. The maximum atomic E-state index is 6.32. The van der Waals surface area contributed by atoms with Crippen molar-refractivity contribution in [2.45, 2.75) is 32.9 Å². The minimum Gasteiger partial charge on any atom is -0.496 e. The summed E-state index contributed by atoms with van der Waals surface area (Å²) in [6, 6.07) is 1.88. The highest BCUT2D eigenvalue weighted by Crippen LogP contribution is 2.33. The molecule has 0 bridgehead atoms. The molecule has 1 unspecified atom stereocenters. The first-order valence-corrected chi connectivity index (χ1v) is 7.84. The normalized spacial score (nSPS) is 12.7. The van der Waals surface area contributed by atoms with Gasteiger partial charge in [0.15, 0.2) is 0 Å². The molecule has 0 aromatic carbocycles. The summed E-state index contributed by atoms with van der Waals surface area (Å²) < 4.78 is 8.39. The van der Waals surface area contributed by atoms with Crippen LogP contribution in [0.5, 0.6) is 5.75 Å². The Morgan fingerprint density at radius 1 is 1.58 bits per heavy atom. The van der Waals surface area contributed by atoms with Crippen LogP contribution in [0.2, 0.25) is 0 Å². The Kier molecular flexibility index (Phi) is 4.65. The van der Waals surface area contributed by atoms with Gasteiger partial charge in [0.1, 0.15) is 5.75 Å². The Balaban J connectivity index is 2.26. The third-order valence-corrected chi connectivity index (χ3v) is 5.14. The van der Waals surface area contributed by atoms with Crippen molar-refractivity contribution in [3.05, 3.63) is 32.2 Å². The zero-order valence-corrected chi connectivity index (χ0v) is 13.7. The van der Waals surface area contributed by atoms with Gasteiger partial charge in [-0.1, -0.05) is 0 Å². The van der Waals surface area contributed by atoms with Crippen LogP contribution in [-0.2, 0) is 13.0 Å². The van der Waals surface area contributed by atoms with Gasteiger partial charge in [-0.2, -0.15) is 5.10 Å². The summed E-state index contributed by atoms with van der Waals surface area (Å²) in [5.74, 6) is 0.868. The molecule has 0 saturated heterocycles. The Morgan fingerprint density at radius 3 is 2.95 bits per heavy atom. The van der Waals surface area contributed by atoms with Gasteiger partial charge >= 0.3 is 0 Å². The lowest BCUT2D eigenvalue weighted by Gasteiger charge is -2.13. The number of rotatable bonds is 5. The molecule has 0 saturated carbocycles. The van der Waals surface area contributed by atoms with Crippen LogP contribution < -0.4 is 10.5 Å². The number of ether oxygens (including phenoxy) is 1. The van der Waals surface area contributed by atoms with Crippen LogP contribution in [0.15, 0.2) is 15.9 Å². The monoisotopic (exact) mass is 343 g/mol. The zero-order valence-electron chi connectivity index (χ0n) is 11.3. The van der Waals surface area contributed by atoms with Crippen molar-refractivity contribution < 1.29 is 4.74 Å². The Labute approximate surface area is 125 Å². The molecule has 0 spiro atoms. The molecule has 2 aromatic rings. The van der Waals surface area contributed by atoms with E-state index in [9.17, 15) is 0 Å². The number of hydrogen-bond donors (Lipinski definition) is 1. The molecule has 0 aliphatic rings. The van der Waals surface area contributed by atoms with E-state index in [1.807, 2.05) is 23.1 Å². The number of hydrogen-bond acceptors (Lipinski definition) is 4. The number of thiophene rings is 1. The molecule has 0 amide bonds. The lowest BCUT2D eigenvalue weighted by Crippen LogP contribution is -2.16. The smallest absolute Gasteiger partial charge is 0.134 e. The van der Waals surface area contributed by atoms with Gasteiger partial charge in [0.2, 0.25) is 0 Å². The maximum absolute atomic E-state index is 6.32. The highest BCUT2D eigenvalue weighted by Gasteiger charge is 2.19. The molecule has 2 heterocycles. The van der Waals surface area contributed by atoms with Crippen molar-refractivity contribution in [2.24, 2.45) is 5.73 Å². The van der Waals surface area contributed by atoms with E-state index in [1.165, 1.54) is 0 Å². The Morgan fingerprint density at radius 2 is 2.32 bits per heavy atom. The molecule has 0 radical (unpaired) electrons. The molecule has 2 rings (SSSR count). The number of nitrogens with two attached hydrogens (primary N) is 1. The van der Waals surface area contributed by atoms with Crippen LogP contribution >= 0.6 is 27.3 Å². The summed E-state index contributed by atoms with van der Waals surface area (Å²) in [4.78, 5) is 1.08. The molecule has 4 nitrogen and oxygen atoms in total. The van der Waals surface area contributed by atoms with Crippen LogP contribution in [0, 0.1) is 6.92 Å². The Bertz CT molecular complexity index is 564. The Hall–Kier alpha value is -0.850. The van der Waals surface area contributed by atoms with Crippen molar-refractivity contribution in [2.75, 3.05) is 7.11 Å².